The number of aromatic nitrogens is 2. The maximum Gasteiger partial charge on any atom is 0.336 e. The zero-order valence-electron chi connectivity index (χ0n) is 19.5. The average molecular weight is 463 g/mol. The lowest BCUT2D eigenvalue weighted by Gasteiger charge is -2.15. The number of fused-ring (bicyclic) bond motifs is 1. The quantitative estimate of drug-likeness (QED) is 0.562. The molecule has 1 saturated carbocycles. The van der Waals surface area contributed by atoms with E-state index in [-0.39, 0.29) is 36.9 Å². The third kappa shape index (κ3) is 5.11. The van der Waals surface area contributed by atoms with Crippen LogP contribution in [0, 0.1) is 0 Å². The van der Waals surface area contributed by atoms with E-state index >= 15 is 0 Å². The molecule has 34 heavy (non-hydrogen) atoms. The summed E-state index contributed by atoms with van der Waals surface area (Å²) in [6.07, 6.45) is 4.59. The van der Waals surface area contributed by atoms with Gasteiger partial charge in [-0.3, -0.25) is 19.0 Å². The first-order chi connectivity index (χ1) is 16.3. The summed E-state index contributed by atoms with van der Waals surface area (Å²) in [5, 5.41) is 6.20. The lowest BCUT2D eigenvalue weighted by atomic mass is 10.1. The first-order valence-electron chi connectivity index (χ1n) is 11.8. The standard InChI is InChI=1S/C26H30N4O4/c1-17(2)27-24(32)16-29-22-10-6-5-9-21(22)25(33)30(26(29)34)20-13-11-18(12-14-20)15-23(31)28-19-7-3-4-8-19/h5-6,9-14,17,19H,3-4,7-8,15-16H2,1-2H3,(H,27,32)(H,28,31). The van der Waals surface area contributed by atoms with Crippen LogP contribution in [0.25, 0.3) is 16.6 Å². The summed E-state index contributed by atoms with van der Waals surface area (Å²) in [7, 11) is 0. The monoisotopic (exact) mass is 462 g/mol. The van der Waals surface area contributed by atoms with E-state index in [2.05, 4.69) is 10.6 Å². The number of carbonyl (C=O) groups excluding carboxylic acids is 2. The van der Waals surface area contributed by atoms with E-state index in [0.717, 1.165) is 35.8 Å². The second kappa shape index (κ2) is 10.1. The molecule has 0 unspecified atom stereocenters. The molecule has 0 saturated heterocycles. The molecule has 1 fully saturated rings. The predicted octanol–water partition coefficient (Wildman–Crippen LogP) is 2.28. The SMILES string of the molecule is CC(C)NC(=O)Cn1c(=O)n(-c2ccc(CC(=O)NC3CCCC3)cc2)c(=O)c2ccccc21. The largest absolute Gasteiger partial charge is 0.353 e. The molecule has 0 radical (unpaired) electrons. The van der Waals surface area contributed by atoms with Crippen LogP contribution in [0.5, 0.6) is 0 Å². The van der Waals surface area contributed by atoms with Crippen molar-refractivity contribution in [3.8, 4) is 5.69 Å². The third-order valence-corrected chi connectivity index (χ3v) is 6.08. The highest BCUT2D eigenvalue weighted by atomic mass is 16.2. The highest BCUT2D eigenvalue weighted by molar-refractivity contribution is 5.82. The summed E-state index contributed by atoms with van der Waals surface area (Å²) in [5.41, 5.74) is 0.554. The number of nitrogens with zero attached hydrogens (tertiary/aromatic N) is 2. The van der Waals surface area contributed by atoms with Crippen LogP contribution in [0.2, 0.25) is 0 Å². The number of amides is 2. The van der Waals surface area contributed by atoms with E-state index in [9.17, 15) is 19.2 Å². The fraction of sp³-hybridized carbons (Fsp3) is 0.385. The Morgan fingerprint density at radius 3 is 2.32 bits per heavy atom. The highest BCUT2D eigenvalue weighted by Crippen LogP contribution is 2.18. The maximum absolute atomic E-state index is 13.4. The summed E-state index contributed by atoms with van der Waals surface area (Å²) >= 11 is 0. The Morgan fingerprint density at radius 1 is 0.971 bits per heavy atom. The van der Waals surface area contributed by atoms with Gasteiger partial charge in [-0.05, 0) is 56.5 Å². The molecule has 2 aromatic carbocycles. The number of benzene rings is 2. The summed E-state index contributed by atoms with van der Waals surface area (Å²) < 4.78 is 2.39. The fourth-order valence-electron chi connectivity index (χ4n) is 4.51. The van der Waals surface area contributed by atoms with Crippen LogP contribution in [0.3, 0.4) is 0 Å². The molecule has 0 spiro atoms. The van der Waals surface area contributed by atoms with Crippen molar-refractivity contribution in [2.24, 2.45) is 0 Å². The van der Waals surface area contributed by atoms with Crippen molar-refractivity contribution >= 4 is 22.7 Å². The number of para-hydroxylation sites is 1. The fourth-order valence-corrected chi connectivity index (χ4v) is 4.51. The van der Waals surface area contributed by atoms with Gasteiger partial charge in [0.25, 0.3) is 5.56 Å². The highest BCUT2D eigenvalue weighted by Gasteiger charge is 2.18. The Hall–Kier alpha value is -3.68. The minimum Gasteiger partial charge on any atom is -0.353 e. The van der Waals surface area contributed by atoms with Gasteiger partial charge in [-0.2, -0.15) is 0 Å². The molecule has 3 aromatic rings. The molecule has 4 rings (SSSR count). The molecule has 0 atom stereocenters. The summed E-state index contributed by atoms with van der Waals surface area (Å²) in [6.45, 7) is 3.49. The van der Waals surface area contributed by atoms with Gasteiger partial charge >= 0.3 is 5.69 Å². The zero-order valence-corrected chi connectivity index (χ0v) is 19.5. The molecule has 1 aromatic heterocycles. The van der Waals surface area contributed by atoms with Gasteiger partial charge < -0.3 is 10.6 Å². The van der Waals surface area contributed by atoms with E-state index < -0.39 is 11.2 Å². The van der Waals surface area contributed by atoms with E-state index in [0.29, 0.717) is 16.6 Å². The van der Waals surface area contributed by atoms with E-state index in [1.54, 1.807) is 48.5 Å². The van der Waals surface area contributed by atoms with Crippen LogP contribution in [-0.2, 0) is 22.6 Å². The molecule has 8 heteroatoms. The van der Waals surface area contributed by atoms with Gasteiger partial charge in [-0.15, -0.1) is 0 Å². The number of nitrogens with one attached hydrogen (secondary N) is 2. The van der Waals surface area contributed by atoms with Gasteiger partial charge in [0.2, 0.25) is 11.8 Å². The summed E-state index contributed by atoms with van der Waals surface area (Å²) in [5.74, 6) is -0.336. The molecule has 2 amide bonds. The minimum absolute atomic E-state index is 0.0268. The predicted molar refractivity (Wildman–Crippen MR) is 131 cm³/mol. The topological polar surface area (TPSA) is 102 Å². The van der Waals surface area contributed by atoms with Gasteiger partial charge in [0, 0.05) is 12.1 Å². The molecule has 2 N–H and O–H groups in total. The van der Waals surface area contributed by atoms with Gasteiger partial charge in [0.05, 0.1) is 23.0 Å². The molecule has 8 nitrogen and oxygen atoms in total. The lowest BCUT2D eigenvalue weighted by molar-refractivity contribution is -0.122. The molecule has 0 bridgehead atoms. The Morgan fingerprint density at radius 2 is 1.65 bits per heavy atom. The molecule has 1 heterocycles. The van der Waals surface area contributed by atoms with Crippen LogP contribution in [0.4, 0.5) is 0 Å². The van der Waals surface area contributed by atoms with Crippen molar-refractivity contribution in [2.45, 2.75) is 64.6 Å². The number of carbonyl (C=O) groups is 2. The van der Waals surface area contributed by atoms with Crippen molar-refractivity contribution < 1.29 is 9.59 Å². The van der Waals surface area contributed by atoms with Crippen LogP contribution in [0.15, 0.2) is 58.1 Å². The number of hydrogen-bond acceptors (Lipinski definition) is 4. The van der Waals surface area contributed by atoms with Crippen molar-refractivity contribution in [3.63, 3.8) is 0 Å². The number of hydrogen-bond donors (Lipinski definition) is 2. The number of rotatable bonds is 7. The van der Waals surface area contributed by atoms with E-state index in [1.165, 1.54) is 4.57 Å². The summed E-state index contributed by atoms with van der Waals surface area (Å²) in [6, 6.07) is 13.8. The Balaban J connectivity index is 1.65. The molecule has 178 valence electrons. The van der Waals surface area contributed by atoms with Crippen LogP contribution < -0.4 is 21.9 Å². The first kappa shape index (κ1) is 23.5. The van der Waals surface area contributed by atoms with Gasteiger partial charge in [-0.1, -0.05) is 37.1 Å². The van der Waals surface area contributed by atoms with Gasteiger partial charge in [0.15, 0.2) is 0 Å². The Labute approximate surface area is 197 Å². The van der Waals surface area contributed by atoms with E-state index in [1.807, 2.05) is 13.8 Å². The molecular formula is C26H30N4O4. The Kier molecular flexibility index (Phi) is 6.95. The van der Waals surface area contributed by atoms with Crippen LogP contribution in [-0.4, -0.2) is 33.0 Å². The zero-order chi connectivity index (χ0) is 24.2. The molecule has 1 aliphatic carbocycles. The van der Waals surface area contributed by atoms with E-state index in [4.69, 9.17) is 0 Å². The Bertz CT molecular complexity index is 1320. The smallest absolute Gasteiger partial charge is 0.336 e. The maximum atomic E-state index is 13.4. The molecule has 0 aliphatic heterocycles. The minimum atomic E-state index is -0.589. The van der Waals surface area contributed by atoms with Crippen molar-refractivity contribution in [2.75, 3.05) is 0 Å². The van der Waals surface area contributed by atoms with Gasteiger partial charge in [-0.25, -0.2) is 9.36 Å². The van der Waals surface area contributed by atoms with Crippen LogP contribution in [0.1, 0.15) is 45.1 Å². The normalized spacial score (nSPS) is 14.0. The second-order valence-corrected chi connectivity index (χ2v) is 9.14. The van der Waals surface area contributed by atoms with Crippen molar-refractivity contribution in [1.82, 2.24) is 19.8 Å². The molecule has 1 aliphatic rings. The average Bonchev–Trinajstić information content (AvgIpc) is 3.30. The molecular weight excluding hydrogens is 432 g/mol. The first-order valence-corrected chi connectivity index (χ1v) is 11.8. The van der Waals surface area contributed by atoms with Crippen molar-refractivity contribution in [3.05, 3.63) is 74.9 Å². The van der Waals surface area contributed by atoms with Crippen molar-refractivity contribution in [1.29, 1.82) is 0 Å². The van der Waals surface area contributed by atoms with Gasteiger partial charge in [0.1, 0.15) is 6.54 Å². The lowest BCUT2D eigenvalue weighted by Crippen LogP contribution is -2.42. The van der Waals surface area contributed by atoms with Crippen LogP contribution >= 0.6 is 0 Å². The third-order valence-electron chi connectivity index (χ3n) is 6.08. The second-order valence-electron chi connectivity index (χ2n) is 9.14. The summed E-state index contributed by atoms with van der Waals surface area (Å²) in [4.78, 5) is 51.3.